The van der Waals surface area contributed by atoms with Crippen molar-refractivity contribution in [3.8, 4) is 0 Å². The van der Waals surface area contributed by atoms with Gasteiger partial charge in [0.05, 0.1) is 12.4 Å². The molecule has 1 rings (SSSR count). The molecule has 1 aromatic heterocycles. The molecule has 4 unspecified atom stereocenters. The number of nitrogens with two attached hydrogens (primary N) is 1. The molecule has 146 valence electrons. The van der Waals surface area contributed by atoms with Crippen molar-refractivity contribution in [1.29, 1.82) is 0 Å². The summed E-state index contributed by atoms with van der Waals surface area (Å²) in [6.07, 6.45) is 3.97. The van der Waals surface area contributed by atoms with E-state index >= 15 is 0 Å². The summed E-state index contributed by atoms with van der Waals surface area (Å²) in [6.45, 7) is 1.36. The Labute approximate surface area is 155 Å². The smallest absolute Gasteiger partial charge is 0.326 e. The van der Waals surface area contributed by atoms with Crippen molar-refractivity contribution in [2.75, 3.05) is 12.0 Å². The zero-order valence-electron chi connectivity index (χ0n) is 14.6. The van der Waals surface area contributed by atoms with Gasteiger partial charge in [0.25, 0.3) is 0 Å². The van der Waals surface area contributed by atoms with Crippen LogP contribution in [0.4, 0.5) is 0 Å². The first kappa shape index (κ1) is 21.9. The average molecular weight is 387 g/mol. The maximum Gasteiger partial charge on any atom is 0.326 e. The van der Waals surface area contributed by atoms with Crippen LogP contribution in [0.1, 0.15) is 19.0 Å². The van der Waals surface area contributed by atoms with Crippen molar-refractivity contribution in [2.45, 2.75) is 44.0 Å². The molecule has 0 aliphatic carbocycles. The molecule has 0 fully saturated rings. The van der Waals surface area contributed by atoms with E-state index in [1.807, 2.05) is 6.26 Å². The van der Waals surface area contributed by atoms with Gasteiger partial charge in [0.1, 0.15) is 18.1 Å². The predicted molar refractivity (Wildman–Crippen MR) is 96.4 cm³/mol. The minimum atomic E-state index is -1.21. The number of aliphatic hydroxyl groups is 1. The van der Waals surface area contributed by atoms with E-state index in [4.69, 9.17) is 5.73 Å². The summed E-state index contributed by atoms with van der Waals surface area (Å²) in [5.41, 5.74) is 6.16. The van der Waals surface area contributed by atoms with Crippen molar-refractivity contribution in [3.05, 3.63) is 18.2 Å². The zero-order valence-corrected chi connectivity index (χ0v) is 15.5. The Balaban J connectivity index is 2.86. The highest BCUT2D eigenvalue weighted by atomic mass is 32.2. The van der Waals surface area contributed by atoms with Gasteiger partial charge in [-0.2, -0.15) is 11.8 Å². The third kappa shape index (κ3) is 7.02. The van der Waals surface area contributed by atoms with Gasteiger partial charge < -0.3 is 31.6 Å². The lowest BCUT2D eigenvalue weighted by Gasteiger charge is -2.23. The van der Waals surface area contributed by atoms with Crippen LogP contribution >= 0.6 is 11.8 Å². The molecule has 0 aliphatic heterocycles. The van der Waals surface area contributed by atoms with Crippen LogP contribution in [0.25, 0.3) is 0 Å². The molecule has 0 aromatic carbocycles. The molecule has 0 saturated carbocycles. The lowest BCUT2D eigenvalue weighted by Crippen LogP contribution is -2.57. The molecule has 7 N–H and O–H groups in total. The molecule has 1 heterocycles. The van der Waals surface area contributed by atoms with Gasteiger partial charge in [-0.15, -0.1) is 0 Å². The summed E-state index contributed by atoms with van der Waals surface area (Å²) in [7, 11) is 0. The van der Waals surface area contributed by atoms with E-state index in [-0.39, 0.29) is 12.8 Å². The Hall–Kier alpha value is -2.11. The number of carbonyl (C=O) groups excluding carboxylic acids is 2. The van der Waals surface area contributed by atoms with E-state index in [9.17, 15) is 24.6 Å². The van der Waals surface area contributed by atoms with Gasteiger partial charge >= 0.3 is 5.97 Å². The summed E-state index contributed by atoms with van der Waals surface area (Å²) in [6, 6.07) is -3.34. The minimum Gasteiger partial charge on any atom is -0.480 e. The average Bonchev–Trinajstić information content (AvgIpc) is 3.09. The van der Waals surface area contributed by atoms with Crippen molar-refractivity contribution < 1.29 is 24.6 Å². The highest BCUT2D eigenvalue weighted by Crippen LogP contribution is 2.04. The number of carbonyl (C=O) groups is 3. The van der Waals surface area contributed by atoms with Gasteiger partial charge in [-0.05, 0) is 25.4 Å². The number of amides is 2. The number of carboxylic acids is 1. The van der Waals surface area contributed by atoms with Crippen molar-refractivity contribution in [2.24, 2.45) is 5.73 Å². The van der Waals surface area contributed by atoms with Crippen molar-refractivity contribution in [1.82, 2.24) is 20.6 Å². The van der Waals surface area contributed by atoms with Crippen LogP contribution in [0.5, 0.6) is 0 Å². The molecule has 0 spiro atoms. The molecular formula is C15H25N5O5S. The van der Waals surface area contributed by atoms with Crippen LogP contribution in [0.2, 0.25) is 0 Å². The van der Waals surface area contributed by atoms with Gasteiger partial charge in [-0.25, -0.2) is 9.78 Å². The topological polar surface area (TPSA) is 170 Å². The number of aliphatic carboxylic acids is 1. The Morgan fingerprint density at radius 2 is 1.96 bits per heavy atom. The van der Waals surface area contributed by atoms with E-state index in [1.165, 1.54) is 31.2 Å². The third-order valence-electron chi connectivity index (χ3n) is 3.66. The summed E-state index contributed by atoms with van der Waals surface area (Å²) >= 11 is 1.46. The number of hydrogen-bond donors (Lipinski definition) is 6. The first-order chi connectivity index (χ1) is 12.3. The number of aliphatic hydroxyl groups excluding tert-OH is 1. The molecule has 1 aromatic rings. The Kier molecular flexibility index (Phi) is 9.10. The fourth-order valence-electron chi connectivity index (χ4n) is 2.08. The molecule has 0 bridgehead atoms. The largest absolute Gasteiger partial charge is 0.480 e. The number of imidazole rings is 1. The van der Waals surface area contributed by atoms with Gasteiger partial charge in [0.15, 0.2) is 0 Å². The van der Waals surface area contributed by atoms with Gasteiger partial charge in [-0.3, -0.25) is 9.59 Å². The van der Waals surface area contributed by atoms with E-state index < -0.39 is 42.0 Å². The quantitative estimate of drug-likeness (QED) is 0.265. The second-order valence-corrected chi connectivity index (χ2v) is 6.78. The highest BCUT2D eigenvalue weighted by molar-refractivity contribution is 7.98. The van der Waals surface area contributed by atoms with E-state index in [2.05, 4.69) is 20.6 Å². The highest BCUT2D eigenvalue weighted by Gasteiger charge is 2.29. The summed E-state index contributed by atoms with van der Waals surface area (Å²) in [4.78, 5) is 42.6. The Morgan fingerprint density at radius 1 is 1.31 bits per heavy atom. The predicted octanol–water partition coefficient (Wildman–Crippen LogP) is -1.53. The van der Waals surface area contributed by atoms with E-state index in [1.54, 1.807) is 0 Å². The molecule has 11 heteroatoms. The summed E-state index contributed by atoms with van der Waals surface area (Å²) in [5.74, 6) is -1.96. The molecule has 0 aliphatic rings. The maximum atomic E-state index is 12.5. The molecular weight excluding hydrogens is 362 g/mol. The number of carboxylic acid groups (broad SMARTS) is 1. The molecule has 10 nitrogen and oxygen atoms in total. The Morgan fingerprint density at radius 3 is 2.46 bits per heavy atom. The lowest BCUT2D eigenvalue weighted by molar-refractivity contribution is -0.142. The zero-order chi connectivity index (χ0) is 19.7. The summed E-state index contributed by atoms with van der Waals surface area (Å²) in [5, 5.41) is 23.6. The minimum absolute atomic E-state index is 0.0684. The summed E-state index contributed by atoms with van der Waals surface area (Å²) < 4.78 is 0. The number of aromatic amines is 1. The van der Waals surface area contributed by atoms with Crippen molar-refractivity contribution in [3.63, 3.8) is 0 Å². The normalized spacial score (nSPS) is 15.5. The molecule has 2 amide bonds. The third-order valence-corrected chi connectivity index (χ3v) is 4.30. The van der Waals surface area contributed by atoms with Crippen LogP contribution in [-0.4, -0.2) is 74.2 Å². The fraction of sp³-hybridized carbons (Fsp3) is 0.600. The number of nitrogens with one attached hydrogen (secondary N) is 3. The van der Waals surface area contributed by atoms with Crippen LogP contribution < -0.4 is 16.4 Å². The number of hydrogen-bond acceptors (Lipinski definition) is 7. The molecule has 0 saturated heterocycles. The number of H-pyrrole nitrogens is 1. The first-order valence-electron chi connectivity index (χ1n) is 7.99. The maximum absolute atomic E-state index is 12.5. The number of thioether (sulfide) groups is 1. The molecule has 4 atom stereocenters. The number of nitrogens with zero attached hydrogens (tertiary/aromatic N) is 1. The molecule has 0 radical (unpaired) electrons. The second-order valence-electron chi connectivity index (χ2n) is 5.79. The van der Waals surface area contributed by atoms with Gasteiger partial charge in [0.2, 0.25) is 11.8 Å². The van der Waals surface area contributed by atoms with Gasteiger partial charge in [-0.1, -0.05) is 0 Å². The Bertz CT molecular complexity index is 595. The van der Waals surface area contributed by atoms with Crippen LogP contribution in [0, 0.1) is 0 Å². The molecule has 26 heavy (non-hydrogen) atoms. The number of rotatable bonds is 11. The van der Waals surface area contributed by atoms with Crippen LogP contribution in [0.3, 0.4) is 0 Å². The lowest BCUT2D eigenvalue weighted by atomic mass is 10.1. The van der Waals surface area contributed by atoms with Crippen LogP contribution in [0.15, 0.2) is 12.5 Å². The van der Waals surface area contributed by atoms with Crippen LogP contribution in [-0.2, 0) is 20.8 Å². The van der Waals surface area contributed by atoms with Crippen molar-refractivity contribution >= 4 is 29.5 Å². The van der Waals surface area contributed by atoms with Gasteiger partial charge in [0, 0.05) is 18.3 Å². The second kappa shape index (κ2) is 10.8. The monoisotopic (exact) mass is 387 g/mol. The van der Waals surface area contributed by atoms with E-state index in [0.29, 0.717) is 11.4 Å². The fourth-order valence-corrected chi connectivity index (χ4v) is 2.55. The number of aromatic nitrogens is 2. The first-order valence-corrected chi connectivity index (χ1v) is 9.39. The standard InChI is InChI=1S/C15H25N5O5S/c1-8(21)12(16)14(23)20-11(5-9-6-17-7-18-9)13(22)19-10(15(24)25)3-4-26-2/h6-8,10-12,21H,3-5,16H2,1-2H3,(H,17,18)(H,19,22)(H,20,23)(H,24,25). The SMILES string of the molecule is CSCCC(NC(=O)C(Cc1cnc[nH]1)NC(=O)C(N)C(C)O)C(=O)O. The van der Waals surface area contributed by atoms with E-state index in [0.717, 1.165) is 0 Å².